The molecule has 0 N–H and O–H groups in total. The van der Waals surface area contributed by atoms with E-state index in [-0.39, 0.29) is 6.10 Å². The number of alkyl halides is 1. The van der Waals surface area contributed by atoms with Crippen LogP contribution < -0.4 is 0 Å². The zero-order valence-electron chi connectivity index (χ0n) is 12.1. The van der Waals surface area contributed by atoms with Crippen LogP contribution in [0.5, 0.6) is 0 Å². The highest BCUT2D eigenvalue weighted by Gasteiger charge is 2.38. The molecule has 0 bridgehead atoms. The Kier molecular flexibility index (Phi) is 4.52. The third-order valence-electron chi connectivity index (χ3n) is 3.25. The average molecular weight is 338 g/mol. The molecule has 1 unspecified atom stereocenters. The highest BCUT2D eigenvalue weighted by atomic mass is 35.5. The number of ether oxygens (including phenoxy) is 1. The number of nitrogens with zero attached hydrogens (tertiary/aromatic N) is 1. The summed E-state index contributed by atoms with van der Waals surface area (Å²) in [5.74, 6) is 0.344. The minimum Gasteiger partial charge on any atom is -0.370 e. The van der Waals surface area contributed by atoms with Crippen LogP contribution in [0.3, 0.4) is 0 Å². The first-order valence-electron chi connectivity index (χ1n) is 6.49. The molecule has 0 aromatic carbocycles. The van der Waals surface area contributed by atoms with Gasteiger partial charge in [-0.15, -0.1) is 22.9 Å². The topological polar surface area (TPSA) is 46.6 Å². The van der Waals surface area contributed by atoms with Gasteiger partial charge in [-0.1, -0.05) is 0 Å². The van der Waals surface area contributed by atoms with Gasteiger partial charge in [0.25, 0.3) is 10.0 Å². The van der Waals surface area contributed by atoms with Crippen molar-refractivity contribution < 1.29 is 13.2 Å². The van der Waals surface area contributed by atoms with E-state index in [1.165, 1.54) is 15.6 Å². The van der Waals surface area contributed by atoms with Crippen LogP contribution in [0.1, 0.15) is 31.2 Å². The van der Waals surface area contributed by atoms with Gasteiger partial charge in [-0.25, -0.2) is 8.42 Å². The van der Waals surface area contributed by atoms with Gasteiger partial charge in [0.05, 0.1) is 17.6 Å². The lowest BCUT2D eigenvalue weighted by Crippen LogP contribution is -2.53. The smallest absolute Gasteiger partial charge is 0.252 e. The molecule has 114 valence electrons. The summed E-state index contributed by atoms with van der Waals surface area (Å²) in [6, 6.07) is 1.71. The summed E-state index contributed by atoms with van der Waals surface area (Å²) in [7, 11) is -3.46. The van der Waals surface area contributed by atoms with Crippen LogP contribution in [-0.4, -0.2) is 37.5 Å². The number of rotatable bonds is 3. The zero-order valence-corrected chi connectivity index (χ0v) is 14.5. The van der Waals surface area contributed by atoms with Gasteiger partial charge in [-0.05, 0) is 39.3 Å². The van der Waals surface area contributed by atoms with Crippen molar-refractivity contribution in [2.45, 2.75) is 49.5 Å². The standard InChI is InChI=1S/C13H20ClNO3S2/c1-9-5-12(19-11(9)6-14)20(16,17)15-7-10(2)18-13(3,4)8-15/h5,10H,6-8H2,1-4H3. The Morgan fingerprint density at radius 3 is 2.70 bits per heavy atom. The molecule has 20 heavy (non-hydrogen) atoms. The minimum atomic E-state index is -3.46. The SMILES string of the molecule is Cc1cc(S(=O)(=O)N2CC(C)OC(C)(C)C2)sc1CCl. The quantitative estimate of drug-likeness (QED) is 0.797. The zero-order chi connectivity index (χ0) is 15.1. The van der Waals surface area contributed by atoms with E-state index in [2.05, 4.69) is 0 Å². The first-order chi connectivity index (χ1) is 9.15. The first kappa shape index (κ1) is 16.2. The molecule has 7 heteroatoms. The van der Waals surface area contributed by atoms with Crippen LogP contribution in [0.4, 0.5) is 0 Å². The van der Waals surface area contributed by atoms with E-state index in [4.69, 9.17) is 16.3 Å². The van der Waals surface area contributed by atoms with Gasteiger partial charge in [0.15, 0.2) is 0 Å². The fourth-order valence-corrected chi connectivity index (χ4v) is 6.09. The molecule has 1 atom stereocenters. The Labute approximate surface area is 129 Å². The maximum Gasteiger partial charge on any atom is 0.252 e. The van der Waals surface area contributed by atoms with Crippen LogP contribution in [-0.2, 0) is 20.6 Å². The van der Waals surface area contributed by atoms with Gasteiger partial charge in [-0.3, -0.25) is 0 Å². The van der Waals surface area contributed by atoms with Crippen LogP contribution in [0.2, 0.25) is 0 Å². The minimum absolute atomic E-state index is 0.109. The second-order valence-electron chi connectivity index (χ2n) is 5.79. The third kappa shape index (κ3) is 3.20. The normalized spacial score (nSPS) is 23.9. The van der Waals surface area contributed by atoms with E-state index in [0.29, 0.717) is 23.2 Å². The molecule has 0 amide bonds. The number of sulfonamides is 1. The Balaban J connectivity index is 2.34. The Morgan fingerprint density at radius 2 is 2.20 bits per heavy atom. The fraction of sp³-hybridized carbons (Fsp3) is 0.692. The number of hydrogen-bond donors (Lipinski definition) is 0. The number of morpholine rings is 1. The van der Waals surface area contributed by atoms with Crippen LogP contribution in [0.15, 0.2) is 10.3 Å². The highest BCUT2D eigenvalue weighted by molar-refractivity contribution is 7.91. The van der Waals surface area contributed by atoms with E-state index < -0.39 is 15.6 Å². The molecule has 1 aliphatic heterocycles. The summed E-state index contributed by atoms with van der Waals surface area (Å²) >= 11 is 7.09. The summed E-state index contributed by atoms with van der Waals surface area (Å²) in [4.78, 5) is 0.908. The van der Waals surface area contributed by atoms with Gasteiger partial charge < -0.3 is 4.74 Å². The van der Waals surface area contributed by atoms with Gasteiger partial charge in [0.2, 0.25) is 0 Å². The van der Waals surface area contributed by atoms with Gasteiger partial charge in [0.1, 0.15) is 4.21 Å². The van der Waals surface area contributed by atoms with Gasteiger partial charge in [-0.2, -0.15) is 4.31 Å². The Morgan fingerprint density at radius 1 is 1.55 bits per heavy atom. The third-order valence-corrected chi connectivity index (χ3v) is 7.18. The van der Waals surface area contributed by atoms with Crippen LogP contribution in [0.25, 0.3) is 0 Å². The summed E-state index contributed by atoms with van der Waals surface area (Å²) < 4.78 is 33.1. The molecule has 0 aliphatic carbocycles. The highest BCUT2D eigenvalue weighted by Crippen LogP contribution is 2.32. The molecular formula is C13H20ClNO3S2. The van der Waals surface area contributed by atoms with E-state index in [1.807, 2.05) is 27.7 Å². The second kappa shape index (κ2) is 5.57. The average Bonchev–Trinajstić information content (AvgIpc) is 2.68. The van der Waals surface area contributed by atoms with Crippen molar-refractivity contribution in [2.24, 2.45) is 0 Å². The maximum atomic E-state index is 12.7. The van der Waals surface area contributed by atoms with Gasteiger partial charge in [0, 0.05) is 18.0 Å². The van der Waals surface area contributed by atoms with Crippen molar-refractivity contribution in [1.29, 1.82) is 0 Å². The lowest BCUT2D eigenvalue weighted by Gasteiger charge is -2.40. The second-order valence-corrected chi connectivity index (χ2v) is 9.36. The number of halogens is 1. The number of aryl methyl sites for hydroxylation is 1. The lowest BCUT2D eigenvalue weighted by atomic mass is 10.1. The van der Waals surface area contributed by atoms with E-state index >= 15 is 0 Å². The summed E-state index contributed by atoms with van der Waals surface area (Å²) in [5.41, 5.74) is 0.468. The molecule has 4 nitrogen and oxygen atoms in total. The monoisotopic (exact) mass is 337 g/mol. The number of thiophene rings is 1. The van der Waals surface area contributed by atoms with Crippen molar-refractivity contribution >= 4 is 33.0 Å². The van der Waals surface area contributed by atoms with Crippen LogP contribution >= 0.6 is 22.9 Å². The Hall–Kier alpha value is -0.140. The van der Waals surface area contributed by atoms with Gasteiger partial charge >= 0.3 is 0 Å². The Bertz CT molecular complexity index is 595. The predicted octanol–water partition coefficient (Wildman–Crippen LogP) is 2.98. The van der Waals surface area contributed by atoms with Crippen molar-refractivity contribution in [3.63, 3.8) is 0 Å². The van der Waals surface area contributed by atoms with Crippen LogP contribution in [0, 0.1) is 6.92 Å². The van der Waals surface area contributed by atoms with E-state index in [0.717, 1.165) is 10.4 Å². The molecule has 1 aromatic heterocycles. The maximum absolute atomic E-state index is 12.7. The molecule has 0 radical (unpaired) electrons. The van der Waals surface area contributed by atoms with Crippen molar-refractivity contribution in [2.75, 3.05) is 13.1 Å². The number of hydrogen-bond acceptors (Lipinski definition) is 4. The summed E-state index contributed by atoms with van der Waals surface area (Å²) in [5, 5.41) is 0. The fourth-order valence-electron chi connectivity index (χ4n) is 2.45. The summed E-state index contributed by atoms with van der Waals surface area (Å²) in [6.07, 6.45) is -0.109. The molecule has 1 aromatic rings. The lowest BCUT2D eigenvalue weighted by molar-refractivity contribution is -0.109. The molecular weight excluding hydrogens is 318 g/mol. The molecule has 1 aliphatic rings. The predicted molar refractivity (Wildman–Crippen MR) is 82.0 cm³/mol. The molecule has 0 saturated carbocycles. The first-order valence-corrected chi connectivity index (χ1v) is 9.28. The molecule has 2 heterocycles. The van der Waals surface area contributed by atoms with Crippen molar-refractivity contribution in [1.82, 2.24) is 4.31 Å². The van der Waals surface area contributed by atoms with Crippen molar-refractivity contribution in [3.8, 4) is 0 Å². The largest absolute Gasteiger partial charge is 0.370 e. The summed E-state index contributed by atoms with van der Waals surface area (Å²) in [6.45, 7) is 8.36. The van der Waals surface area contributed by atoms with E-state index in [1.54, 1.807) is 6.07 Å². The molecule has 1 fully saturated rings. The van der Waals surface area contributed by atoms with E-state index in [9.17, 15) is 8.42 Å². The van der Waals surface area contributed by atoms with Crippen molar-refractivity contribution in [3.05, 3.63) is 16.5 Å². The molecule has 2 rings (SSSR count). The molecule has 0 spiro atoms. The molecule has 1 saturated heterocycles.